The molecule has 0 bridgehead atoms. The highest BCUT2D eigenvalue weighted by Crippen LogP contribution is 2.19. The molecule has 19 heavy (non-hydrogen) atoms. The van der Waals surface area contributed by atoms with Gasteiger partial charge in [-0.1, -0.05) is 6.92 Å². The Balaban J connectivity index is 2.60. The van der Waals surface area contributed by atoms with Crippen LogP contribution in [0.1, 0.15) is 23.8 Å². The highest BCUT2D eigenvalue weighted by Gasteiger charge is 2.29. The maximum Gasteiger partial charge on any atom is 0.406 e. The highest BCUT2D eigenvalue weighted by atomic mass is 19.4. The van der Waals surface area contributed by atoms with Gasteiger partial charge in [-0.15, -0.1) is 0 Å². The Morgan fingerprint density at radius 2 is 2.21 bits per heavy atom. The van der Waals surface area contributed by atoms with Gasteiger partial charge < -0.3 is 15.0 Å². The lowest BCUT2D eigenvalue weighted by atomic mass is 10.1. The zero-order valence-corrected chi connectivity index (χ0v) is 10.6. The molecule has 1 unspecified atom stereocenters. The van der Waals surface area contributed by atoms with E-state index >= 15 is 0 Å². The second-order valence-corrected chi connectivity index (χ2v) is 4.46. The molecule has 1 heterocycles. The summed E-state index contributed by atoms with van der Waals surface area (Å²) < 4.78 is 37.8. The van der Waals surface area contributed by atoms with Gasteiger partial charge in [0.05, 0.1) is 0 Å². The van der Waals surface area contributed by atoms with E-state index in [0.29, 0.717) is 13.0 Å². The molecule has 0 fully saturated rings. The molecular formula is C12H17F3N2O2. The van der Waals surface area contributed by atoms with Crippen molar-refractivity contribution in [1.29, 1.82) is 0 Å². The zero-order chi connectivity index (χ0) is 14.5. The smallest absolute Gasteiger partial charge is 0.396 e. The molecule has 0 aromatic carbocycles. The first-order chi connectivity index (χ1) is 8.83. The van der Waals surface area contributed by atoms with Crippen molar-refractivity contribution in [3.63, 3.8) is 0 Å². The van der Waals surface area contributed by atoms with E-state index in [1.165, 1.54) is 18.3 Å². The minimum atomic E-state index is -4.36. The summed E-state index contributed by atoms with van der Waals surface area (Å²) in [5.41, 5.74) is -0.0199. The monoisotopic (exact) mass is 278 g/mol. The van der Waals surface area contributed by atoms with Crippen LogP contribution in [-0.4, -0.2) is 34.9 Å². The Labute approximate surface area is 109 Å². The van der Waals surface area contributed by atoms with E-state index in [9.17, 15) is 18.0 Å². The molecule has 0 aliphatic heterocycles. The van der Waals surface area contributed by atoms with Crippen molar-refractivity contribution in [3.8, 4) is 0 Å². The molecule has 0 saturated heterocycles. The molecule has 0 saturated carbocycles. The first-order valence-electron chi connectivity index (χ1n) is 5.94. The molecule has 4 nitrogen and oxygen atoms in total. The molecule has 108 valence electrons. The van der Waals surface area contributed by atoms with E-state index in [0.717, 1.165) is 4.57 Å². The van der Waals surface area contributed by atoms with Crippen LogP contribution in [0.15, 0.2) is 18.3 Å². The third-order valence-electron chi connectivity index (χ3n) is 2.64. The van der Waals surface area contributed by atoms with Gasteiger partial charge in [0.25, 0.3) is 5.91 Å². The molecule has 1 aromatic heterocycles. The lowest BCUT2D eigenvalue weighted by Crippen LogP contribution is -2.31. The molecule has 1 rings (SSSR count). The first-order valence-corrected chi connectivity index (χ1v) is 5.94. The molecule has 1 aromatic rings. The van der Waals surface area contributed by atoms with Crippen LogP contribution in [0.4, 0.5) is 13.2 Å². The van der Waals surface area contributed by atoms with Gasteiger partial charge in [-0.2, -0.15) is 13.2 Å². The number of hydrogen-bond donors (Lipinski definition) is 2. The van der Waals surface area contributed by atoms with Crippen molar-refractivity contribution in [1.82, 2.24) is 9.88 Å². The predicted molar refractivity (Wildman–Crippen MR) is 63.7 cm³/mol. The number of halogens is 3. The molecule has 7 heteroatoms. The van der Waals surface area contributed by atoms with Gasteiger partial charge in [0.15, 0.2) is 0 Å². The Morgan fingerprint density at radius 1 is 1.53 bits per heavy atom. The number of nitrogens with one attached hydrogen (secondary N) is 1. The summed E-state index contributed by atoms with van der Waals surface area (Å²) in [4.78, 5) is 11.8. The van der Waals surface area contributed by atoms with Crippen molar-refractivity contribution in [2.75, 3.05) is 13.2 Å². The summed E-state index contributed by atoms with van der Waals surface area (Å²) in [6.45, 7) is 0.984. The van der Waals surface area contributed by atoms with Crippen LogP contribution in [0.3, 0.4) is 0 Å². The summed E-state index contributed by atoms with van der Waals surface area (Å²) in [6, 6.07) is 2.75. The lowest BCUT2D eigenvalue weighted by Gasteiger charge is -2.14. The number of aliphatic hydroxyl groups excluding tert-OH is 1. The molecule has 0 radical (unpaired) electrons. The van der Waals surface area contributed by atoms with E-state index < -0.39 is 18.6 Å². The number of carbonyl (C=O) groups is 1. The van der Waals surface area contributed by atoms with E-state index in [2.05, 4.69) is 5.32 Å². The Bertz CT molecular complexity index is 415. The van der Waals surface area contributed by atoms with Gasteiger partial charge in [-0.25, -0.2) is 0 Å². The Hall–Kier alpha value is -1.50. The fraction of sp³-hybridized carbons (Fsp3) is 0.583. The van der Waals surface area contributed by atoms with Crippen molar-refractivity contribution < 1.29 is 23.1 Å². The normalized spacial score (nSPS) is 13.3. The maximum absolute atomic E-state index is 12.3. The first kappa shape index (κ1) is 15.6. The number of aliphatic hydroxyl groups is 1. The standard InChI is InChI=1S/C12H17F3N2O2/c1-9(4-6-18)7-16-11(19)10-3-2-5-17(10)8-12(13,14)15/h2-3,5,9,18H,4,6-8H2,1H3,(H,16,19). The van der Waals surface area contributed by atoms with Crippen molar-refractivity contribution in [2.24, 2.45) is 5.92 Å². The average molecular weight is 278 g/mol. The topological polar surface area (TPSA) is 54.3 Å². The minimum absolute atomic E-state index is 0.0154. The quantitative estimate of drug-likeness (QED) is 0.833. The van der Waals surface area contributed by atoms with Gasteiger partial charge in [-0.05, 0) is 24.5 Å². The molecule has 1 amide bonds. The minimum Gasteiger partial charge on any atom is -0.396 e. The van der Waals surface area contributed by atoms with Gasteiger partial charge >= 0.3 is 6.18 Å². The predicted octanol–water partition coefficient (Wildman–Crippen LogP) is 1.80. The summed E-state index contributed by atoms with van der Waals surface area (Å²) in [7, 11) is 0. The molecule has 1 atom stereocenters. The van der Waals surface area contributed by atoms with Crippen LogP contribution in [0.25, 0.3) is 0 Å². The maximum atomic E-state index is 12.3. The van der Waals surface area contributed by atoms with Crippen molar-refractivity contribution in [3.05, 3.63) is 24.0 Å². The van der Waals surface area contributed by atoms with E-state index in [1.54, 1.807) is 0 Å². The number of nitrogens with zero attached hydrogens (tertiary/aromatic N) is 1. The fourth-order valence-corrected chi connectivity index (χ4v) is 1.63. The number of carbonyl (C=O) groups excluding carboxylic acids is 1. The van der Waals surface area contributed by atoms with Gasteiger partial charge in [0.2, 0.25) is 0 Å². The summed E-state index contributed by atoms with van der Waals surface area (Å²) in [5.74, 6) is -0.473. The van der Waals surface area contributed by atoms with Gasteiger partial charge in [0.1, 0.15) is 12.2 Å². The van der Waals surface area contributed by atoms with Crippen LogP contribution in [0.5, 0.6) is 0 Å². The van der Waals surface area contributed by atoms with E-state index in [1.807, 2.05) is 6.92 Å². The fourth-order valence-electron chi connectivity index (χ4n) is 1.63. The number of aromatic nitrogens is 1. The molecule has 0 spiro atoms. The summed E-state index contributed by atoms with van der Waals surface area (Å²) in [6.07, 6.45) is -2.61. The second kappa shape index (κ2) is 6.60. The van der Waals surface area contributed by atoms with Gasteiger partial charge in [-0.3, -0.25) is 4.79 Å². The van der Waals surface area contributed by atoms with Crippen LogP contribution < -0.4 is 5.32 Å². The lowest BCUT2D eigenvalue weighted by molar-refractivity contribution is -0.140. The van der Waals surface area contributed by atoms with Crippen LogP contribution in [0, 0.1) is 5.92 Å². The van der Waals surface area contributed by atoms with Crippen LogP contribution >= 0.6 is 0 Å². The SMILES string of the molecule is CC(CCO)CNC(=O)c1cccn1CC(F)(F)F. The van der Waals surface area contributed by atoms with E-state index in [-0.39, 0.29) is 18.2 Å². The molecule has 2 N–H and O–H groups in total. The van der Waals surface area contributed by atoms with Crippen molar-refractivity contribution >= 4 is 5.91 Å². The van der Waals surface area contributed by atoms with Crippen LogP contribution in [-0.2, 0) is 6.54 Å². The van der Waals surface area contributed by atoms with Gasteiger partial charge in [0, 0.05) is 19.3 Å². The number of alkyl halides is 3. The number of amides is 1. The van der Waals surface area contributed by atoms with Crippen LogP contribution in [0.2, 0.25) is 0 Å². The average Bonchev–Trinajstić information content (AvgIpc) is 2.72. The zero-order valence-electron chi connectivity index (χ0n) is 10.6. The molecule has 0 aliphatic carbocycles. The Kier molecular flexibility index (Phi) is 5.41. The third kappa shape index (κ3) is 5.34. The summed E-state index contributed by atoms with van der Waals surface area (Å²) >= 11 is 0. The van der Waals surface area contributed by atoms with Crippen molar-refractivity contribution in [2.45, 2.75) is 26.1 Å². The third-order valence-corrected chi connectivity index (χ3v) is 2.64. The molecular weight excluding hydrogens is 261 g/mol. The number of rotatable bonds is 6. The Morgan fingerprint density at radius 3 is 2.79 bits per heavy atom. The highest BCUT2D eigenvalue weighted by molar-refractivity contribution is 5.92. The number of hydrogen-bond acceptors (Lipinski definition) is 2. The largest absolute Gasteiger partial charge is 0.406 e. The van der Waals surface area contributed by atoms with E-state index in [4.69, 9.17) is 5.11 Å². The summed E-state index contributed by atoms with van der Waals surface area (Å²) in [5, 5.41) is 11.3. The molecule has 0 aliphatic rings. The second-order valence-electron chi connectivity index (χ2n) is 4.46.